The first-order chi connectivity index (χ1) is 4.38. The zero-order valence-electron chi connectivity index (χ0n) is 6.89. The van der Waals surface area contributed by atoms with Crippen molar-refractivity contribution < 1.29 is 10.2 Å². The molecular weight excluding hydrogens is 128 g/mol. The van der Waals surface area contributed by atoms with E-state index >= 15 is 0 Å². The Morgan fingerprint density at radius 3 is 1.90 bits per heavy atom. The number of hydrogen-bond donors (Lipinski definition) is 2. The molecule has 2 heteroatoms. The lowest BCUT2D eigenvalue weighted by atomic mass is 9.78. The van der Waals surface area contributed by atoms with Crippen LogP contribution < -0.4 is 0 Å². The van der Waals surface area contributed by atoms with E-state index in [-0.39, 0.29) is 11.5 Å². The van der Waals surface area contributed by atoms with E-state index in [1.54, 1.807) is 6.92 Å². The van der Waals surface area contributed by atoms with Crippen molar-refractivity contribution in [2.45, 2.75) is 45.3 Å². The van der Waals surface area contributed by atoms with Crippen molar-refractivity contribution in [1.82, 2.24) is 0 Å². The monoisotopic (exact) mass is 144 g/mol. The molecule has 60 valence electrons. The molecule has 1 aliphatic carbocycles. The molecule has 0 amide bonds. The van der Waals surface area contributed by atoms with Crippen molar-refractivity contribution in [2.75, 3.05) is 0 Å². The molecule has 1 fully saturated rings. The third kappa shape index (κ3) is 0.867. The normalized spacial score (nSPS) is 45.9. The first-order valence-electron chi connectivity index (χ1n) is 3.78. The van der Waals surface area contributed by atoms with Crippen molar-refractivity contribution in [3.8, 4) is 0 Å². The van der Waals surface area contributed by atoms with Gasteiger partial charge >= 0.3 is 0 Å². The second-order valence-corrected chi connectivity index (χ2v) is 4.05. The van der Waals surface area contributed by atoms with Crippen LogP contribution in [-0.2, 0) is 0 Å². The Hall–Kier alpha value is -0.0800. The molecule has 0 aliphatic heterocycles. The van der Waals surface area contributed by atoms with Crippen LogP contribution >= 0.6 is 0 Å². The van der Waals surface area contributed by atoms with Crippen LogP contribution in [0.4, 0.5) is 0 Å². The third-order valence-electron chi connectivity index (χ3n) is 3.13. The molecular formula is C8H16O2. The van der Waals surface area contributed by atoms with E-state index in [0.717, 1.165) is 6.42 Å². The lowest BCUT2D eigenvalue weighted by Crippen LogP contribution is -2.42. The average Bonchev–Trinajstić information content (AvgIpc) is 1.94. The van der Waals surface area contributed by atoms with Crippen LogP contribution in [0.25, 0.3) is 0 Å². The first kappa shape index (κ1) is 8.02. The van der Waals surface area contributed by atoms with Crippen molar-refractivity contribution in [2.24, 2.45) is 5.41 Å². The summed E-state index contributed by atoms with van der Waals surface area (Å²) in [6.07, 6.45) is 1.09. The Labute approximate surface area is 61.9 Å². The molecule has 1 saturated carbocycles. The lowest BCUT2D eigenvalue weighted by molar-refractivity contribution is -0.0673. The average molecular weight is 144 g/mol. The molecule has 0 heterocycles. The van der Waals surface area contributed by atoms with Gasteiger partial charge in [0, 0.05) is 5.41 Å². The number of rotatable bonds is 0. The summed E-state index contributed by atoms with van der Waals surface area (Å²) in [5, 5.41) is 19.2. The molecule has 0 aromatic rings. The summed E-state index contributed by atoms with van der Waals surface area (Å²) in [7, 11) is 0. The molecule has 1 aliphatic rings. The maximum atomic E-state index is 9.73. The van der Waals surface area contributed by atoms with Gasteiger partial charge in [-0.1, -0.05) is 13.8 Å². The van der Waals surface area contributed by atoms with Gasteiger partial charge in [-0.25, -0.2) is 0 Å². The molecule has 0 aromatic heterocycles. The Balaban J connectivity index is 2.84. The van der Waals surface area contributed by atoms with E-state index < -0.39 is 5.60 Å². The lowest BCUT2D eigenvalue weighted by Gasteiger charge is -2.35. The summed E-state index contributed by atoms with van der Waals surface area (Å²) < 4.78 is 0. The first-order valence-corrected chi connectivity index (χ1v) is 3.78. The molecule has 0 bridgehead atoms. The van der Waals surface area contributed by atoms with Crippen LogP contribution in [0.5, 0.6) is 0 Å². The van der Waals surface area contributed by atoms with Crippen LogP contribution in [0.3, 0.4) is 0 Å². The van der Waals surface area contributed by atoms with E-state index in [1.807, 2.05) is 13.8 Å². The predicted octanol–water partition coefficient (Wildman–Crippen LogP) is 0.918. The minimum absolute atomic E-state index is 0.340. The quantitative estimate of drug-likeness (QED) is 0.530. The second-order valence-electron chi connectivity index (χ2n) is 4.05. The molecule has 1 rings (SSSR count). The van der Waals surface area contributed by atoms with Crippen molar-refractivity contribution in [3.05, 3.63) is 0 Å². The number of aliphatic hydroxyl groups excluding tert-OH is 1. The largest absolute Gasteiger partial charge is 0.392 e. The van der Waals surface area contributed by atoms with Gasteiger partial charge in [0.05, 0.1) is 11.7 Å². The minimum Gasteiger partial charge on any atom is -0.392 e. The molecule has 2 nitrogen and oxygen atoms in total. The summed E-state index contributed by atoms with van der Waals surface area (Å²) in [4.78, 5) is 0. The van der Waals surface area contributed by atoms with Gasteiger partial charge in [-0.3, -0.25) is 0 Å². The van der Waals surface area contributed by atoms with E-state index in [4.69, 9.17) is 0 Å². The van der Waals surface area contributed by atoms with Gasteiger partial charge in [0.25, 0.3) is 0 Å². The molecule has 10 heavy (non-hydrogen) atoms. The second kappa shape index (κ2) is 1.95. The zero-order chi connectivity index (χ0) is 7.99. The van der Waals surface area contributed by atoms with Crippen LogP contribution in [0.1, 0.15) is 33.6 Å². The molecule has 0 aromatic carbocycles. The van der Waals surface area contributed by atoms with Crippen LogP contribution in [0, 0.1) is 5.41 Å². The van der Waals surface area contributed by atoms with Gasteiger partial charge in [-0.05, 0) is 19.8 Å². The van der Waals surface area contributed by atoms with E-state index in [2.05, 4.69) is 0 Å². The van der Waals surface area contributed by atoms with Gasteiger partial charge in [-0.2, -0.15) is 0 Å². The van der Waals surface area contributed by atoms with Gasteiger partial charge in [0.2, 0.25) is 0 Å². The highest BCUT2D eigenvalue weighted by atomic mass is 16.3. The molecule has 2 atom stereocenters. The smallest absolute Gasteiger partial charge is 0.0696 e. The van der Waals surface area contributed by atoms with Crippen LogP contribution in [0.15, 0.2) is 0 Å². The zero-order valence-corrected chi connectivity index (χ0v) is 6.89. The van der Waals surface area contributed by atoms with E-state index in [9.17, 15) is 10.2 Å². The maximum absolute atomic E-state index is 9.73. The van der Waals surface area contributed by atoms with Crippen LogP contribution in [0.2, 0.25) is 0 Å². The van der Waals surface area contributed by atoms with Gasteiger partial charge < -0.3 is 10.2 Å². The third-order valence-corrected chi connectivity index (χ3v) is 3.13. The van der Waals surface area contributed by atoms with Crippen molar-refractivity contribution in [1.29, 1.82) is 0 Å². The topological polar surface area (TPSA) is 40.5 Å². The summed E-state index contributed by atoms with van der Waals surface area (Å²) in [5.74, 6) is 0. The number of aliphatic hydroxyl groups is 2. The Kier molecular flexibility index (Phi) is 1.57. The standard InChI is InChI=1S/C8H16O2/c1-7(2)6(9)4-5-8(7,3)10/h6,9-10H,4-5H2,1-3H3/t6-,8+/m0/s1. The minimum atomic E-state index is -0.688. The maximum Gasteiger partial charge on any atom is 0.0696 e. The highest BCUT2D eigenvalue weighted by Crippen LogP contribution is 2.45. The summed E-state index contributed by atoms with van der Waals surface area (Å²) >= 11 is 0. The van der Waals surface area contributed by atoms with Gasteiger partial charge in [-0.15, -0.1) is 0 Å². The van der Waals surface area contributed by atoms with Gasteiger partial charge in [0.15, 0.2) is 0 Å². The highest BCUT2D eigenvalue weighted by Gasteiger charge is 2.49. The fourth-order valence-electron chi connectivity index (χ4n) is 1.46. The van der Waals surface area contributed by atoms with Crippen molar-refractivity contribution in [3.63, 3.8) is 0 Å². The molecule has 0 unspecified atom stereocenters. The highest BCUT2D eigenvalue weighted by molar-refractivity contribution is 5.00. The summed E-state index contributed by atoms with van der Waals surface area (Å²) in [5.41, 5.74) is -1.03. The summed E-state index contributed by atoms with van der Waals surface area (Å²) in [6, 6.07) is 0. The Bertz CT molecular complexity index is 138. The molecule has 0 spiro atoms. The van der Waals surface area contributed by atoms with E-state index in [1.165, 1.54) is 0 Å². The SMILES string of the molecule is CC1(C)[C@@H](O)CC[C@@]1(C)O. The summed E-state index contributed by atoms with van der Waals surface area (Å²) in [6.45, 7) is 5.61. The van der Waals surface area contributed by atoms with E-state index in [0.29, 0.717) is 6.42 Å². The predicted molar refractivity (Wildman–Crippen MR) is 39.6 cm³/mol. The fourth-order valence-corrected chi connectivity index (χ4v) is 1.46. The van der Waals surface area contributed by atoms with Crippen molar-refractivity contribution >= 4 is 0 Å². The molecule has 0 radical (unpaired) electrons. The number of hydrogen-bond acceptors (Lipinski definition) is 2. The molecule has 0 saturated heterocycles. The van der Waals surface area contributed by atoms with Gasteiger partial charge in [0.1, 0.15) is 0 Å². The Morgan fingerprint density at radius 1 is 1.30 bits per heavy atom. The Morgan fingerprint density at radius 2 is 1.80 bits per heavy atom. The fraction of sp³-hybridized carbons (Fsp3) is 1.00. The molecule has 2 N–H and O–H groups in total. The van der Waals surface area contributed by atoms with Crippen LogP contribution in [-0.4, -0.2) is 21.9 Å².